The van der Waals surface area contributed by atoms with Crippen molar-refractivity contribution in [1.82, 2.24) is 9.55 Å². The van der Waals surface area contributed by atoms with Gasteiger partial charge in [-0.1, -0.05) is 6.07 Å². The maximum absolute atomic E-state index is 12.5. The van der Waals surface area contributed by atoms with Crippen LogP contribution in [0.25, 0.3) is 11.0 Å². The Morgan fingerprint density at radius 3 is 2.67 bits per heavy atom. The number of methoxy groups -OCH3 is 1. The van der Waals surface area contributed by atoms with Gasteiger partial charge in [0.1, 0.15) is 23.6 Å². The number of para-hydroxylation sites is 1. The Balaban J connectivity index is 2.63. The van der Waals surface area contributed by atoms with E-state index in [4.69, 9.17) is 16.3 Å². The first-order valence-corrected chi connectivity index (χ1v) is 5.64. The van der Waals surface area contributed by atoms with Crippen LogP contribution in [0.5, 0.6) is 5.75 Å². The molecule has 3 nitrogen and oxygen atoms in total. The fourth-order valence-electron chi connectivity index (χ4n) is 1.79. The van der Waals surface area contributed by atoms with Crippen molar-refractivity contribution in [3.8, 4) is 5.75 Å². The molecule has 0 fully saturated rings. The van der Waals surface area contributed by atoms with E-state index < -0.39 is 12.7 Å². The fraction of sp³-hybridized carbons (Fsp3) is 0.364. The van der Waals surface area contributed by atoms with Gasteiger partial charge in [-0.3, -0.25) is 0 Å². The average Bonchev–Trinajstić information content (AvgIpc) is 2.65. The number of halogens is 4. The number of hydrogen-bond acceptors (Lipinski definition) is 2. The predicted octanol–water partition coefficient (Wildman–Crippen LogP) is 3.35. The zero-order valence-corrected chi connectivity index (χ0v) is 10.2. The molecule has 1 aromatic heterocycles. The highest BCUT2D eigenvalue weighted by Crippen LogP contribution is 2.29. The number of benzene rings is 1. The Bertz CT molecular complexity index is 565. The second-order valence-corrected chi connectivity index (χ2v) is 3.96. The number of fused-ring (bicyclic) bond motifs is 1. The maximum Gasteiger partial charge on any atom is 0.406 e. The minimum absolute atomic E-state index is 0.0894. The molecule has 1 aromatic carbocycles. The van der Waals surface area contributed by atoms with E-state index in [9.17, 15) is 13.2 Å². The van der Waals surface area contributed by atoms with Gasteiger partial charge in [-0.2, -0.15) is 13.2 Å². The van der Waals surface area contributed by atoms with Gasteiger partial charge in [0.05, 0.1) is 18.5 Å². The van der Waals surface area contributed by atoms with Gasteiger partial charge < -0.3 is 9.30 Å². The molecule has 2 rings (SSSR count). The quantitative estimate of drug-likeness (QED) is 0.805. The monoisotopic (exact) mass is 278 g/mol. The maximum atomic E-state index is 12.5. The molecule has 0 saturated heterocycles. The molecular formula is C11H10ClF3N2O. The largest absolute Gasteiger partial charge is 0.494 e. The van der Waals surface area contributed by atoms with Crippen molar-refractivity contribution in [2.45, 2.75) is 18.6 Å². The van der Waals surface area contributed by atoms with E-state index in [0.29, 0.717) is 16.8 Å². The Morgan fingerprint density at radius 2 is 2.11 bits per heavy atom. The molecular weight excluding hydrogens is 269 g/mol. The Morgan fingerprint density at radius 1 is 1.39 bits per heavy atom. The highest BCUT2D eigenvalue weighted by Gasteiger charge is 2.30. The van der Waals surface area contributed by atoms with E-state index in [1.54, 1.807) is 18.2 Å². The molecule has 0 amide bonds. The van der Waals surface area contributed by atoms with Crippen LogP contribution >= 0.6 is 11.6 Å². The lowest BCUT2D eigenvalue weighted by molar-refractivity contribution is -0.140. The summed E-state index contributed by atoms with van der Waals surface area (Å²) >= 11 is 5.64. The van der Waals surface area contributed by atoms with Crippen LogP contribution in [0.2, 0.25) is 0 Å². The van der Waals surface area contributed by atoms with Crippen molar-refractivity contribution in [3.05, 3.63) is 24.0 Å². The number of alkyl halides is 4. The molecule has 0 bridgehead atoms. The van der Waals surface area contributed by atoms with Crippen LogP contribution in [0.4, 0.5) is 13.2 Å². The highest BCUT2D eigenvalue weighted by atomic mass is 35.5. The molecule has 0 saturated carbocycles. The molecule has 98 valence electrons. The lowest BCUT2D eigenvalue weighted by atomic mass is 10.3. The predicted molar refractivity (Wildman–Crippen MR) is 61.9 cm³/mol. The summed E-state index contributed by atoms with van der Waals surface area (Å²) in [5.41, 5.74) is 0.752. The molecule has 0 aliphatic carbocycles. The average molecular weight is 279 g/mol. The van der Waals surface area contributed by atoms with E-state index in [-0.39, 0.29) is 11.7 Å². The number of ether oxygens (including phenoxy) is 1. The summed E-state index contributed by atoms with van der Waals surface area (Å²) in [6.07, 6.45) is -4.32. The first-order valence-electron chi connectivity index (χ1n) is 5.11. The SMILES string of the molecule is COc1cccc2c1nc(CCl)n2CC(F)(F)F. The zero-order valence-electron chi connectivity index (χ0n) is 9.46. The minimum Gasteiger partial charge on any atom is -0.494 e. The summed E-state index contributed by atoms with van der Waals surface area (Å²) in [5, 5.41) is 0. The molecule has 0 N–H and O–H groups in total. The van der Waals surface area contributed by atoms with Crippen LogP contribution in [0.3, 0.4) is 0 Å². The topological polar surface area (TPSA) is 27.1 Å². The molecule has 7 heteroatoms. The summed E-state index contributed by atoms with van der Waals surface area (Å²) < 4.78 is 43.7. The molecule has 0 radical (unpaired) electrons. The Kier molecular flexibility index (Phi) is 3.38. The summed E-state index contributed by atoms with van der Waals surface area (Å²) in [6, 6.07) is 4.83. The van der Waals surface area contributed by atoms with E-state index >= 15 is 0 Å². The fourth-order valence-corrected chi connectivity index (χ4v) is 2.00. The molecule has 0 atom stereocenters. The molecule has 0 aliphatic heterocycles. The third-order valence-electron chi connectivity index (χ3n) is 2.50. The van der Waals surface area contributed by atoms with Crippen LogP contribution in [0.15, 0.2) is 18.2 Å². The van der Waals surface area contributed by atoms with Crippen molar-refractivity contribution >= 4 is 22.6 Å². The first-order chi connectivity index (χ1) is 8.46. The number of hydrogen-bond donors (Lipinski definition) is 0. The van der Waals surface area contributed by atoms with Crippen LogP contribution in [0, 0.1) is 0 Å². The normalized spacial score (nSPS) is 12.1. The second-order valence-electron chi connectivity index (χ2n) is 3.69. The highest BCUT2D eigenvalue weighted by molar-refractivity contribution is 6.16. The van der Waals surface area contributed by atoms with Crippen LogP contribution in [-0.2, 0) is 12.4 Å². The molecule has 18 heavy (non-hydrogen) atoms. The van der Waals surface area contributed by atoms with Gasteiger partial charge in [0.25, 0.3) is 0 Å². The van der Waals surface area contributed by atoms with E-state index in [2.05, 4.69) is 4.98 Å². The van der Waals surface area contributed by atoms with Gasteiger partial charge >= 0.3 is 6.18 Å². The zero-order chi connectivity index (χ0) is 13.3. The van der Waals surface area contributed by atoms with Gasteiger partial charge in [-0.25, -0.2) is 4.98 Å². The third kappa shape index (κ3) is 2.38. The van der Waals surface area contributed by atoms with Gasteiger partial charge in [-0.15, -0.1) is 11.6 Å². The van der Waals surface area contributed by atoms with Gasteiger partial charge in [-0.05, 0) is 12.1 Å². The Labute approximate surface area is 106 Å². The Hall–Kier alpha value is -1.43. The van der Waals surface area contributed by atoms with E-state index in [1.807, 2.05) is 0 Å². The third-order valence-corrected chi connectivity index (χ3v) is 2.74. The number of aromatic nitrogens is 2. The number of imidazole rings is 1. The van der Waals surface area contributed by atoms with E-state index in [1.165, 1.54) is 7.11 Å². The first kappa shape index (κ1) is 13.0. The molecule has 1 heterocycles. The molecule has 0 unspecified atom stereocenters. The second kappa shape index (κ2) is 4.68. The lowest BCUT2D eigenvalue weighted by Gasteiger charge is -2.10. The van der Waals surface area contributed by atoms with Crippen molar-refractivity contribution in [1.29, 1.82) is 0 Å². The van der Waals surface area contributed by atoms with Crippen molar-refractivity contribution in [2.75, 3.05) is 7.11 Å². The standard InChI is InChI=1S/C11H10ClF3N2O/c1-18-8-4-2-3-7-10(8)16-9(5-12)17(7)6-11(13,14)15/h2-4H,5-6H2,1H3. The molecule has 0 spiro atoms. The minimum atomic E-state index is -4.32. The summed E-state index contributed by atoms with van der Waals surface area (Å²) in [4.78, 5) is 4.09. The number of nitrogens with zero attached hydrogens (tertiary/aromatic N) is 2. The summed E-state index contributed by atoms with van der Waals surface area (Å²) in [5.74, 6) is 0.516. The van der Waals surface area contributed by atoms with Crippen molar-refractivity contribution in [3.63, 3.8) is 0 Å². The summed E-state index contributed by atoms with van der Waals surface area (Å²) in [6.45, 7) is -1.11. The smallest absolute Gasteiger partial charge is 0.406 e. The van der Waals surface area contributed by atoms with Crippen molar-refractivity contribution in [2.24, 2.45) is 0 Å². The van der Waals surface area contributed by atoms with Crippen molar-refractivity contribution < 1.29 is 17.9 Å². The van der Waals surface area contributed by atoms with Crippen LogP contribution in [-0.4, -0.2) is 22.8 Å². The van der Waals surface area contributed by atoms with Gasteiger partial charge in [0, 0.05) is 0 Å². The molecule has 2 aromatic rings. The van der Waals surface area contributed by atoms with Crippen LogP contribution in [0.1, 0.15) is 5.82 Å². The molecule has 0 aliphatic rings. The van der Waals surface area contributed by atoms with Gasteiger partial charge in [0.15, 0.2) is 0 Å². The van der Waals surface area contributed by atoms with E-state index in [0.717, 1.165) is 4.57 Å². The van der Waals surface area contributed by atoms with Crippen LogP contribution < -0.4 is 4.74 Å². The lowest BCUT2D eigenvalue weighted by Crippen LogP contribution is -2.19. The number of rotatable bonds is 3. The van der Waals surface area contributed by atoms with Gasteiger partial charge in [0.2, 0.25) is 0 Å². The summed E-state index contributed by atoms with van der Waals surface area (Å²) in [7, 11) is 1.44.